The molecule has 1 amide bonds. The van der Waals surface area contributed by atoms with Crippen molar-refractivity contribution in [3.63, 3.8) is 0 Å². The molecule has 0 aromatic heterocycles. The quantitative estimate of drug-likeness (QED) is 0.728. The normalized spacial score (nSPS) is 18.1. The number of sulfone groups is 1. The summed E-state index contributed by atoms with van der Waals surface area (Å²) in [5.41, 5.74) is 0.628. The first-order chi connectivity index (χ1) is 14.1. The maximum atomic E-state index is 13.0. The van der Waals surface area contributed by atoms with E-state index >= 15 is 0 Å². The molecule has 1 N–H and O–H groups in total. The minimum absolute atomic E-state index is 0.0188. The Morgan fingerprint density at radius 3 is 2.37 bits per heavy atom. The van der Waals surface area contributed by atoms with Gasteiger partial charge in [0, 0.05) is 30.1 Å². The molecule has 1 aliphatic rings. The Bertz CT molecular complexity index is 1130. The average molecular weight is 451 g/mol. The van der Waals surface area contributed by atoms with Gasteiger partial charge in [-0.25, -0.2) is 16.8 Å². The van der Waals surface area contributed by atoms with Crippen LogP contribution in [0.4, 0.5) is 5.69 Å². The van der Waals surface area contributed by atoms with Gasteiger partial charge >= 0.3 is 0 Å². The van der Waals surface area contributed by atoms with Gasteiger partial charge in [-0.1, -0.05) is 19.4 Å². The van der Waals surface area contributed by atoms with E-state index in [2.05, 4.69) is 5.32 Å². The number of nitrogens with one attached hydrogen (secondary N) is 1. The Labute approximate surface area is 178 Å². The molecule has 1 atom stereocenters. The number of anilines is 1. The lowest BCUT2D eigenvalue weighted by molar-refractivity contribution is 0.102. The number of hydrogen-bond donors (Lipinski definition) is 1. The Hall–Kier alpha value is -2.23. The van der Waals surface area contributed by atoms with Gasteiger partial charge < -0.3 is 5.32 Å². The number of hydrogen-bond acceptors (Lipinski definition) is 5. The van der Waals surface area contributed by atoms with Crippen LogP contribution in [0, 0.1) is 0 Å². The van der Waals surface area contributed by atoms with Crippen molar-refractivity contribution in [2.45, 2.75) is 48.4 Å². The van der Waals surface area contributed by atoms with Gasteiger partial charge in [-0.2, -0.15) is 4.31 Å². The zero-order valence-electron chi connectivity index (χ0n) is 17.0. The van der Waals surface area contributed by atoms with E-state index in [0.717, 1.165) is 31.9 Å². The van der Waals surface area contributed by atoms with Crippen LogP contribution in [0.15, 0.2) is 58.3 Å². The van der Waals surface area contributed by atoms with Crippen molar-refractivity contribution < 1.29 is 21.6 Å². The van der Waals surface area contributed by atoms with Gasteiger partial charge in [-0.15, -0.1) is 0 Å². The first-order valence-electron chi connectivity index (χ1n) is 9.86. The molecular formula is C21H26N2O5S2. The van der Waals surface area contributed by atoms with Crippen LogP contribution in [0.2, 0.25) is 0 Å². The smallest absolute Gasteiger partial charge is 0.255 e. The third-order valence-corrected chi connectivity index (χ3v) is 8.36. The molecule has 0 radical (unpaired) electrons. The monoisotopic (exact) mass is 450 g/mol. The predicted octanol–water partition coefficient (Wildman–Crippen LogP) is 3.30. The van der Waals surface area contributed by atoms with Crippen LogP contribution < -0.4 is 5.32 Å². The average Bonchev–Trinajstić information content (AvgIpc) is 2.73. The summed E-state index contributed by atoms with van der Waals surface area (Å²) in [5, 5.41) is 2.67. The second-order valence-electron chi connectivity index (χ2n) is 7.45. The number of rotatable bonds is 6. The summed E-state index contributed by atoms with van der Waals surface area (Å²) in [4.78, 5) is 12.7. The Balaban J connectivity index is 1.77. The van der Waals surface area contributed by atoms with Crippen molar-refractivity contribution in [1.82, 2.24) is 4.31 Å². The van der Waals surface area contributed by atoms with Gasteiger partial charge in [-0.3, -0.25) is 4.79 Å². The Morgan fingerprint density at radius 1 is 1.03 bits per heavy atom. The number of nitrogens with zero attached hydrogens (tertiary/aromatic N) is 1. The molecule has 1 saturated heterocycles. The number of sulfonamides is 1. The fraction of sp³-hybridized carbons (Fsp3) is 0.381. The Morgan fingerprint density at radius 2 is 1.73 bits per heavy atom. The highest BCUT2D eigenvalue weighted by Gasteiger charge is 2.32. The van der Waals surface area contributed by atoms with Gasteiger partial charge in [-0.05, 0) is 61.7 Å². The van der Waals surface area contributed by atoms with Crippen molar-refractivity contribution in [2.24, 2.45) is 0 Å². The summed E-state index contributed by atoms with van der Waals surface area (Å²) >= 11 is 0. The highest BCUT2D eigenvalue weighted by Crippen LogP contribution is 2.27. The second kappa shape index (κ2) is 8.87. The molecule has 162 valence electrons. The molecule has 30 heavy (non-hydrogen) atoms. The molecule has 1 fully saturated rings. The van der Waals surface area contributed by atoms with Crippen LogP contribution in [0.3, 0.4) is 0 Å². The van der Waals surface area contributed by atoms with Gasteiger partial charge in [0.2, 0.25) is 10.0 Å². The first kappa shape index (κ1) is 22.5. The zero-order chi connectivity index (χ0) is 21.9. The molecule has 0 bridgehead atoms. The Kier molecular flexibility index (Phi) is 6.64. The summed E-state index contributed by atoms with van der Waals surface area (Å²) in [6.45, 7) is 2.52. The minimum atomic E-state index is -3.59. The summed E-state index contributed by atoms with van der Waals surface area (Å²) < 4.78 is 51.0. The largest absolute Gasteiger partial charge is 0.322 e. The summed E-state index contributed by atoms with van der Waals surface area (Å²) in [6.07, 6.45) is 4.62. The molecule has 0 aliphatic carbocycles. The third kappa shape index (κ3) is 4.91. The van der Waals surface area contributed by atoms with Crippen LogP contribution in [-0.4, -0.2) is 45.9 Å². The molecule has 1 aliphatic heterocycles. The number of benzene rings is 2. The standard InChI is InChI=1S/C21H26N2O5S2/c1-3-18-8-4-5-14-23(18)30(27,28)19-12-10-17(11-13-19)22-21(24)16-7-6-9-20(15-16)29(2,25)26/h6-7,9-13,15,18H,3-5,8,14H2,1-2H3,(H,22,24). The lowest BCUT2D eigenvalue weighted by Crippen LogP contribution is -2.43. The number of piperidine rings is 1. The van der Waals surface area contributed by atoms with Crippen LogP contribution in [0.1, 0.15) is 43.0 Å². The highest BCUT2D eigenvalue weighted by atomic mass is 32.2. The molecule has 2 aromatic rings. The van der Waals surface area contributed by atoms with E-state index in [1.807, 2.05) is 6.92 Å². The van der Waals surface area contributed by atoms with E-state index in [-0.39, 0.29) is 21.4 Å². The topological polar surface area (TPSA) is 101 Å². The van der Waals surface area contributed by atoms with E-state index in [1.165, 1.54) is 48.5 Å². The molecule has 9 heteroatoms. The summed E-state index contributed by atoms with van der Waals surface area (Å²) in [7, 11) is -7.01. The van der Waals surface area contributed by atoms with Crippen molar-refractivity contribution in [3.05, 3.63) is 54.1 Å². The van der Waals surface area contributed by atoms with Gasteiger partial charge in [0.05, 0.1) is 9.79 Å². The number of carbonyl (C=O) groups excluding carboxylic acids is 1. The number of amides is 1. The van der Waals surface area contributed by atoms with Crippen LogP contribution in [0.25, 0.3) is 0 Å². The van der Waals surface area contributed by atoms with Crippen LogP contribution in [0.5, 0.6) is 0 Å². The van der Waals surface area contributed by atoms with Gasteiger partial charge in [0.15, 0.2) is 9.84 Å². The maximum Gasteiger partial charge on any atom is 0.255 e. The van der Waals surface area contributed by atoms with Gasteiger partial charge in [0.1, 0.15) is 0 Å². The molecule has 2 aromatic carbocycles. The minimum Gasteiger partial charge on any atom is -0.322 e. The van der Waals surface area contributed by atoms with E-state index < -0.39 is 25.8 Å². The summed E-state index contributed by atoms with van der Waals surface area (Å²) in [6, 6.07) is 11.8. The van der Waals surface area contributed by atoms with Crippen molar-refractivity contribution in [1.29, 1.82) is 0 Å². The van der Waals surface area contributed by atoms with Crippen molar-refractivity contribution in [2.75, 3.05) is 18.1 Å². The van der Waals surface area contributed by atoms with Crippen molar-refractivity contribution in [3.8, 4) is 0 Å². The molecule has 3 rings (SSSR count). The van der Waals surface area contributed by atoms with Crippen LogP contribution in [-0.2, 0) is 19.9 Å². The summed E-state index contributed by atoms with van der Waals surface area (Å²) in [5.74, 6) is -0.474. The molecule has 0 spiro atoms. The number of carbonyl (C=O) groups is 1. The predicted molar refractivity (Wildman–Crippen MR) is 116 cm³/mol. The lowest BCUT2D eigenvalue weighted by Gasteiger charge is -2.34. The fourth-order valence-electron chi connectivity index (χ4n) is 3.62. The second-order valence-corrected chi connectivity index (χ2v) is 11.4. The van der Waals surface area contributed by atoms with Crippen molar-refractivity contribution >= 4 is 31.5 Å². The first-order valence-corrected chi connectivity index (χ1v) is 13.2. The molecule has 1 heterocycles. The van der Waals surface area contributed by atoms with E-state index in [0.29, 0.717) is 12.2 Å². The van der Waals surface area contributed by atoms with E-state index in [4.69, 9.17) is 0 Å². The zero-order valence-corrected chi connectivity index (χ0v) is 18.7. The molecule has 7 nitrogen and oxygen atoms in total. The lowest BCUT2D eigenvalue weighted by atomic mass is 10.0. The SMILES string of the molecule is CCC1CCCCN1S(=O)(=O)c1ccc(NC(=O)c2cccc(S(C)(=O)=O)c2)cc1. The van der Waals surface area contributed by atoms with E-state index in [9.17, 15) is 21.6 Å². The van der Waals surface area contributed by atoms with Gasteiger partial charge in [0.25, 0.3) is 5.91 Å². The van der Waals surface area contributed by atoms with E-state index in [1.54, 1.807) is 4.31 Å². The maximum absolute atomic E-state index is 13.0. The molecular weight excluding hydrogens is 424 g/mol. The molecule has 0 saturated carbocycles. The highest BCUT2D eigenvalue weighted by molar-refractivity contribution is 7.90. The molecule has 1 unspecified atom stereocenters. The fourth-order valence-corrected chi connectivity index (χ4v) is 6.05. The third-order valence-electron chi connectivity index (χ3n) is 5.29. The van der Waals surface area contributed by atoms with Crippen LogP contribution >= 0.6 is 0 Å².